The maximum atomic E-state index is 12.8. The fourth-order valence-electron chi connectivity index (χ4n) is 7.95. The molecule has 9 heteroatoms. The molecule has 0 saturated carbocycles. The van der Waals surface area contributed by atoms with Crippen molar-refractivity contribution in [3.05, 3.63) is 36.5 Å². The summed E-state index contributed by atoms with van der Waals surface area (Å²) in [6.45, 7) is 6.33. The first kappa shape index (κ1) is 63.5. The van der Waals surface area contributed by atoms with E-state index in [-0.39, 0.29) is 55.9 Å². The summed E-state index contributed by atoms with van der Waals surface area (Å²) in [6, 6.07) is 0. The van der Waals surface area contributed by atoms with Gasteiger partial charge in [-0.1, -0.05) is 192 Å². The van der Waals surface area contributed by atoms with Crippen molar-refractivity contribution < 1.29 is 43.9 Å². The van der Waals surface area contributed by atoms with Gasteiger partial charge >= 0.3 is 17.9 Å². The molecule has 0 spiro atoms. The van der Waals surface area contributed by atoms with Gasteiger partial charge in [-0.3, -0.25) is 14.4 Å². The van der Waals surface area contributed by atoms with Crippen molar-refractivity contribution >= 4 is 17.9 Å². The number of allylic oxidation sites excluding steroid dienone is 3. The van der Waals surface area contributed by atoms with E-state index in [1.165, 1.54) is 57.8 Å². The maximum absolute atomic E-state index is 12.8. The van der Waals surface area contributed by atoms with Crippen molar-refractivity contribution in [3.8, 4) is 0 Å². The zero-order valence-corrected chi connectivity index (χ0v) is 43.1. The van der Waals surface area contributed by atoms with Crippen LogP contribution in [0.1, 0.15) is 271 Å². The minimum absolute atomic E-state index is 0.132. The lowest BCUT2D eigenvalue weighted by molar-refractivity contribution is -0.167. The summed E-state index contributed by atoms with van der Waals surface area (Å²) in [6.07, 6.45) is 48.9. The molecule has 3 N–H and O–H groups in total. The molecule has 0 aliphatic carbocycles. The lowest BCUT2D eigenvalue weighted by Crippen LogP contribution is -2.30. The lowest BCUT2D eigenvalue weighted by atomic mass is 10.1. The highest BCUT2D eigenvalue weighted by Gasteiger charge is 2.19. The molecule has 0 rings (SSSR count). The Hall–Kier alpha value is -2.49. The second-order valence-corrected chi connectivity index (χ2v) is 19.0. The van der Waals surface area contributed by atoms with Crippen LogP contribution in [0.15, 0.2) is 36.5 Å². The molecule has 386 valence electrons. The smallest absolute Gasteiger partial charge is 0.306 e. The van der Waals surface area contributed by atoms with Crippen LogP contribution in [-0.2, 0) is 28.6 Å². The highest BCUT2D eigenvalue weighted by atomic mass is 16.6. The molecule has 66 heavy (non-hydrogen) atoms. The van der Waals surface area contributed by atoms with Gasteiger partial charge in [-0.05, 0) is 96.3 Å². The number of ether oxygens (including phenoxy) is 3. The summed E-state index contributed by atoms with van der Waals surface area (Å²) >= 11 is 0. The predicted octanol–water partition coefficient (Wildman–Crippen LogP) is 15.0. The summed E-state index contributed by atoms with van der Waals surface area (Å²) in [5, 5.41) is 30.4. The first-order valence-electron chi connectivity index (χ1n) is 27.7. The van der Waals surface area contributed by atoms with E-state index in [9.17, 15) is 29.7 Å². The molecule has 0 saturated heterocycles. The molecule has 3 atom stereocenters. The molecular formula is C57H104O9. The molecule has 0 aromatic heterocycles. The van der Waals surface area contributed by atoms with Crippen molar-refractivity contribution in [1.29, 1.82) is 0 Å². The molecule has 0 amide bonds. The highest BCUT2D eigenvalue weighted by Crippen LogP contribution is 2.15. The van der Waals surface area contributed by atoms with Crippen molar-refractivity contribution in [1.82, 2.24) is 0 Å². The number of esters is 3. The standard InChI is InChI=1S/C57H104O9/c1-4-7-10-31-40-51(58)43-34-25-19-13-16-22-28-37-46-55(61)64-49-54(66-57(63)48-39-30-24-18-15-21-27-36-45-53(60)42-33-12-9-6-3)50-65-56(62)47-38-29-23-17-14-20-26-35-44-52(59)41-32-11-8-5-2/h25-27,34-36,51-54,58-60H,4-24,28-33,37-50H2,1-3H3/b34-25+,35-26+,36-27+. The SMILES string of the molecule is CCCCCCC(O)C/C=C/CCCCCCCC(=O)OCC(COC(=O)CCCCCCC/C=C/CC(O)CCCCCC)OC(=O)CCCCCCC/C=C/CC(O)CCCCCC. The minimum Gasteiger partial charge on any atom is -0.462 e. The van der Waals surface area contributed by atoms with Crippen LogP contribution in [0, 0.1) is 0 Å². The number of rotatable bonds is 50. The zero-order chi connectivity index (χ0) is 48.4. The normalized spacial score (nSPS) is 13.7. The molecular weight excluding hydrogens is 829 g/mol. The van der Waals surface area contributed by atoms with Crippen LogP contribution >= 0.6 is 0 Å². The molecule has 0 aromatic carbocycles. The second kappa shape index (κ2) is 50.4. The Bertz CT molecular complexity index is 1110. The number of unbranched alkanes of at least 4 members (excludes halogenated alkanes) is 24. The van der Waals surface area contributed by atoms with E-state index in [0.29, 0.717) is 19.3 Å². The average molecular weight is 933 g/mol. The summed E-state index contributed by atoms with van der Waals surface area (Å²) in [4.78, 5) is 38.1. The number of carbonyl (C=O) groups is 3. The molecule has 9 nitrogen and oxygen atoms in total. The van der Waals surface area contributed by atoms with E-state index < -0.39 is 6.10 Å². The van der Waals surface area contributed by atoms with Crippen molar-refractivity contribution in [3.63, 3.8) is 0 Å². The van der Waals surface area contributed by atoms with Crippen LogP contribution in [0.25, 0.3) is 0 Å². The van der Waals surface area contributed by atoms with Gasteiger partial charge in [-0.15, -0.1) is 0 Å². The second-order valence-electron chi connectivity index (χ2n) is 19.0. The highest BCUT2D eigenvalue weighted by molar-refractivity contribution is 5.71. The van der Waals surface area contributed by atoms with E-state index in [2.05, 4.69) is 57.2 Å². The summed E-state index contributed by atoms with van der Waals surface area (Å²) < 4.78 is 16.7. The molecule has 0 aliphatic rings. The third kappa shape index (κ3) is 48.0. The van der Waals surface area contributed by atoms with Gasteiger partial charge in [-0.2, -0.15) is 0 Å². The maximum Gasteiger partial charge on any atom is 0.306 e. The van der Waals surface area contributed by atoms with Crippen LogP contribution in [-0.4, -0.2) is 70.9 Å². The van der Waals surface area contributed by atoms with Crippen LogP contribution in [0.4, 0.5) is 0 Å². The van der Waals surface area contributed by atoms with E-state index in [1.807, 2.05) is 0 Å². The van der Waals surface area contributed by atoms with Gasteiger partial charge in [0.25, 0.3) is 0 Å². The molecule has 0 aromatic rings. The summed E-state index contributed by atoms with van der Waals surface area (Å²) in [5.41, 5.74) is 0. The molecule has 0 heterocycles. The van der Waals surface area contributed by atoms with Gasteiger partial charge in [0.2, 0.25) is 0 Å². The van der Waals surface area contributed by atoms with Gasteiger partial charge in [0.1, 0.15) is 13.2 Å². The van der Waals surface area contributed by atoms with E-state index in [0.717, 1.165) is 167 Å². The number of hydrogen-bond acceptors (Lipinski definition) is 9. The first-order valence-corrected chi connectivity index (χ1v) is 27.7. The Labute approximate surface area is 405 Å². The van der Waals surface area contributed by atoms with Gasteiger partial charge in [-0.25, -0.2) is 0 Å². The quantitative estimate of drug-likeness (QED) is 0.0235. The molecule has 0 aliphatic heterocycles. The summed E-state index contributed by atoms with van der Waals surface area (Å²) in [5.74, 6) is -1.04. The topological polar surface area (TPSA) is 140 Å². The fraction of sp³-hybridized carbons (Fsp3) is 0.842. The lowest BCUT2D eigenvalue weighted by Gasteiger charge is -2.18. The molecule has 0 radical (unpaired) electrons. The number of aliphatic hydroxyl groups is 3. The third-order valence-electron chi connectivity index (χ3n) is 12.3. The number of hydrogen-bond donors (Lipinski definition) is 3. The van der Waals surface area contributed by atoms with Gasteiger partial charge in [0.05, 0.1) is 18.3 Å². The number of aliphatic hydroxyl groups excluding tert-OH is 3. The summed E-state index contributed by atoms with van der Waals surface area (Å²) in [7, 11) is 0. The van der Waals surface area contributed by atoms with E-state index in [1.54, 1.807) is 0 Å². The Kier molecular flexibility index (Phi) is 48.5. The van der Waals surface area contributed by atoms with Crippen LogP contribution < -0.4 is 0 Å². The zero-order valence-electron chi connectivity index (χ0n) is 43.1. The molecule has 3 unspecified atom stereocenters. The van der Waals surface area contributed by atoms with Crippen molar-refractivity contribution in [2.24, 2.45) is 0 Å². The largest absolute Gasteiger partial charge is 0.462 e. The molecule has 0 bridgehead atoms. The first-order chi connectivity index (χ1) is 32.2. The van der Waals surface area contributed by atoms with Crippen molar-refractivity contribution in [2.45, 2.75) is 296 Å². The fourth-order valence-corrected chi connectivity index (χ4v) is 7.95. The van der Waals surface area contributed by atoms with Gasteiger partial charge in [0, 0.05) is 19.3 Å². The molecule has 0 fully saturated rings. The Morgan fingerprint density at radius 1 is 0.364 bits per heavy atom. The van der Waals surface area contributed by atoms with Gasteiger partial charge < -0.3 is 29.5 Å². The Morgan fingerprint density at radius 3 is 0.985 bits per heavy atom. The van der Waals surface area contributed by atoms with E-state index >= 15 is 0 Å². The third-order valence-corrected chi connectivity index (χ3v) is 12.3. The van der Waals surface area contributed by atoms with Crippen molar-refractivity contribution in [2.75, 3.05) is 13.2 Å². The van der Waals surface area contributed by atoms with Crippen LogP contribution in [0.3, 0.4) is 0 Å². The van der Waals surface area contributed by atoms with Crippen LogP contribution in [0.2, 0.25) is 0 Å². The predicted molar refractivity (Wildman–Crippen MR) is 274 cm³/mol. The average Bonchev–Trinajstić information content (AvgIpc) is 3.30. The Morgan fingerprint density at radius 2 is 0.652 bits per heavy atom. The number of carbonyl (C=O) groups excluding carboxylic acids is 3. The van der Waals surface area contributed by atoms with Gasteiger partial charge in [0.15, 0.2) is 6.10 Å². The Balaban J connectivity index is 4.51. The minimum atomic E-state index is -0.836. The monoisotopic (exact) mass is 933 g/mol. The van der Waals surface area contributed by atoms with E-state index in [4.69, 9.17) is 14.2 Å². The van der Waals surface area contributed by atoms with Crippen LogP contribution in [0.5, 0.6) is 0 Å².